The lowest BCUT2D eigenvalue weighted by Crippen LogP contribution is -2.77. The van der Waals surface area contributed by atoms with Crippen LogP contribution in [0.5, 0.6) is 0 Å². The number of carbonyl (C=O) groups excluding carboxylic acids is 3. The summed E-state index contributed by atoms with van der Waals surface area (Å²) >= 11 is 0. The Morgan fingerprint density at radius 2 is 1.52 bits per heavy atom. The van der Waals surface area contributed by atoms with E-state index in [4.69, 9.17) is 10.5 Å². The number of carbonyl (C=O) groups is 4. The first kappa shape index (κ1) is 31.7. The van der Waals surface area contributed by atoms with E-state index in [1.165, 1.54) is 6.92 Å². The maximum Gasteiger partial charge on any atom is 0.372 e. The standard InChI is InChI=1S/C35H55NO6/c1-20(2)26-22(38)19-34(27(39)28(40)41)15-10-14-32(8)31(7)17-11-23-29(4,5)25(42-21(3)37)13-16-30(23,6)24(31)12-18-35(32,36)33(26,34)9/h20,23-26H,10-19,36H2,1-9H3,(H,40,41). The molecule has 5 aliphatic carbocycles. The summed E-state index contributed by atoms with van der Waals surface area (Å²) in [6, 6.07) is 0. The van der Waals surface area contributed by atoms with Crippen LogP contribution in [0.15, 0.2) is 0 Å². The van der Waals surface area contributed by atoms with Crippen LogP contribution in [0, 0.1) is 56.2 Å². The topological polar surface area (TPSA) is 124 Å². The number of aliphatic carboxylic acids is 1. The summed E-state index contributed by atoms with van der Waals surface area (Å²) in [7, 11) is 0. The summed E-state index contributed by atoms with van der Waals surface area (Å²) in [6.45, 7) is 19.4. The van der Waals surface area contributed by atoms with Crippen molar-refractivity contribution in [3.05, 3.63) is 0 Å². The van der Waals surface area contributed by atoms with Gasteiger partial charge in [-0.1, -0.05) is 61.8 Å². The molecule has 0 heterocycles. The number of hydrogen-bond acceptors (Lipinski definition) is 6. The molecule has 3 N–H and O–H groups in total. The minimum absolute atomic E-state index is 0.00432. The average molecular weight is 586 g/mol. The molecule has 5 aliphatic rings. The van der Waals surface area contributed by atoms with Gasteiger partial charge in [-0.25, -0.2) is 4.79 Å². The molecule has 236 valence electrons. The van der Waals surface area contributed by atoms with Gasteiger partial charge in [0.25, 0.3) is 0 Å². The fraction of sp³-hybridized carbons (Fsp3) is 0.886. The van der Waals surface area contributed by atoms with E-state index < -0.39 is 39.5 Å². The molecule has 0 aromatic carbocycles. The molecule has 0 aromatic rings. The van der Waals surface area contributed by atoms with E-state index in [2.05, 4.69) is 34.6 Å². The Kier molecular flexibility index (Phi) is 7.07. The summed E-state index contributed by atoms with van der Waals surface area (Å²) < 4.78 is 5.89. The molecule has 0 radical (unpaired) electrons. The van der Waals surface area contributed by atoms with E-state index in [-0.39, 0.29) is 46.4 Å². The molecule has 5 fully saturated rings. The molecule has 7 heteroatoms. The van der Waals surface area contributed by atoms with Gasteiger partial charge in [-0.2, -0.15) is 0 Å². The molecule has 5 rings (SSSR count). The van der Waals surface area contributed by atoms with Gasteiger partial charge in [0.15, 0.2) is 0 Å². The number of carboxylic acid groups (broad SMARTS) is 1. The lowest BCUT2D eigenvalue weighted by molar-refractivity contribution is -0.252. The molecule has 10 unspecified atom stereocenters. The van der Waals surface area contributed by atoms with Crippen LogP contribution in [0.3, 0.4) is 0 Å². The maximum absolute atomic E-state index is 13.9. The summed E-state index contributed by atoms with van der Waals surface area (Å²) in [5, 5.41) is 10.1. The number of ketones is 2. The second-order valence-corrected chi connectivity index (χ2v) is 17.0. The minimum Gasteiger partial charge on any atom is -0.475 e. The van der Waals surface area contributed by atoms with Crippen molar-refractivity contribution >= 4 is 23.5 Å². The second kappa shape index (κ2) is 9.37. The van der Waals surface area contributed by atoms with Crippen LogP contribution in [0.2, 0.25) is 0 Å². The Morgan fingerprint density at radius 1 is 0.905 bits per heavy atom. The van der Waals surface area contributed by atoms with Crippen LogP contribution >= 0.6 is 0 Å². The molecule has 0 aliphatic heterocycles. The van der Waals surface area contributed by atoms with Gasteiger partial charge in [0.1, 0.15) is 11.9 Å². The molecule has 5 saturated carbocycles. The molecule has 7 nitrogen and oxygen atoms in total. The molecule has 0 aromatic heterocycles. The van der Waals surface area contributed by atoms with Crippen LogP contribution in [-0.4, -0.2) is 40.3 Å². The smallest absolute Gasteiger partial charge is 0.372 e. The molecule has 42 heavy (non-hydrogen) atoms. The monoisotopic (exact) mass is 585 g/mol. The van der Waals surface area contributed by atoms with Crippen molar-refractivity contribution in [2.45, 2.75) is 138 Å². The van der Waals surface area contributed by atoms with Crippen molar-refractivity contribution in [3.8, 4) is 0 Å². The van der Waals surface area contributed by atoms with E-state index in [0.717, 1.165) is 38.5 Å². The van der Waals surface area contributed by atoms with Gasteiger partial charge in [0.2, 0.25) is 5.78 Å². The highest BCUT2D eigenvalue weighted by Crippen LogP contribution is 2.79. The zero-order valence-electron chi connectivity index (χ0n) is 27.5. The maximum atomic E-state index is 13.9. The quantitative estimate of drug-likeness (QED) is 0.291. The second-order valence-electron chi connectivity index (χ2n) is 17.0. The van der Waals surface area contributed by atoms with E-state index in [1.807, 2.05) is 20.8 Å². The number of nitrogens with two attached hydrogens (primary N) is 1. The first-order valence-corrected chi connectivity index (χ1v) is 16.5. The summed E-state index contributed by atoms with van der Waals surface area (Å²) in [4.78, 5) is 52.2. The summed E-state index contributed by atoms with van der Waals surface area (Å²) in [6.07, 6.45) is 7.15. The van der Waals surface area contributed by atoms with Crippen molar-refractivity contribution in [1.82, 2.24) is 0 Å². The summed E-state index contributed by atoms with van der Waals surface area (Å²) in [5.74, 6) is -2.21. The first-order valence-electron chi connectivity index (χ1n) is 16.5. The molecular weight excluding hydrogens is 530 g/mol. The van der Waals surface area contributed by atoms with E-state index >= 15 is 0 Å². The number of hydrogen-bond donors (Lipinski definition) is 2. The number of ether oxygens (including phenoxy) is 1. The molecule has 0 amide bonds. The number of Topliss-reactive ketones (excluding diaryl/α,β-unsaturated/α-hetero) is 2. The van der Waals surface area contributed by atoms with Crippen LogP contribution in [0.1, 0.15) is 127 Å². The van der Waals surface area contributed by atoms with Gasteiger partial charge in [0.05, 0.1) is 5.41 Å². The zero-order chi connectivity index (χ0) is 31.5. The predicted octanol–water partition coefficient (Wildman–Crippen LogP) is 6.35. The number of fused-ring (bicyclic) bond motifs is 7. The van der Waals surface area contributed by atoms with Gasteiger partial charge in [-0.3, -0.25) is 14.4 Å². The Balaban J connectivity index is 1.66. The van der Waals surface area contributed by atoms with Crippen LogP contribution in [-0.2, 0) is 23.9 Å². The van der Waals surface area contributed by atoms with Crippen LogP contribution < -0.4 is 5.73 Å². The fourth-order valence-electron chi connectivity index (χ4n) is 13.4. The third-order valence-electron chi connectivity index (χ3n) is 15.3. The Morgan fingerprint density at radius 3 is 2.10 bits per heavy atom. The van der Waals surface area contributed by atoms with Crippen molar-refractivity contribution in [3.63, 3.8) is 0 Å². The highest BCUT2D eigenvalue weighted by Gasteiger charge is 2.80. The van der Waals surface area contributed by atoms with Crippen LogP contribution in [0.25, 0.3) is 0 Å². The molecular formula is C35H55NO6. The van der Waals surface area contributed by atoms with E-state index in [9.17, 15) is 24.3 Å². The lowest BCUT2D eigenvalue weighted by Gasteiger charge is -2.75. The zero-order valence-corrected chi connectivity index (χ0v) is 27.5. The fourth-order valence-corrected chi connectivity index (χ4v) is 13.4. The van der Waals surface area contributed by atoms with Gasteiger partial charge < -0.3 is 15.6 Å². The minimum atomic E-state index is -1.44. The highest BCUT2D eigenvalue weighted by atomic mass is 16.5. The van der Waals surface area contributed by atoms with Gasteiger partial charge in [-0.05, 0) is 85.4 Å². The number of rotatable bonds is 4. The van der Waals surface area contributed by atoms with Gasteiger partial charge >= 0.3 is 11.9 Å². The Labute approximate surface area is 252 Å². The number of carboxylic acids is 1. The SMILES string of the molecule is CC(=O)OC1CCC2(C)C(CCC3(C)C2CCC2(N)C3(C)CCCC3(C(=O)C(=O)O)CC(=O)C(C(C)C)C32C)C1(C)C. The van der Waals surface area contributed by atoms with Crippen LogP contribution in [0.4, 0.5) is 0 Å². The Hall–Kier alpha value is -1.76. The third kappa shape index (κ3) is 3.49. The van der Waals surface area contributed by atoms with Crippen molar-refractivity contribution in [1.29, 1.82) is 0 Å². The van der Waals surface area contributed by atoms with Crippen molar-refractivity contribution in [2.75, 3.05) is 0 Å². The van der Waals surface area contributed by atoms with Crippen molar-refractivity contribution in [2.24, 2.45) is 61.9 Å². The molecule has 0 saturated heterocycles. The van der Waals surface area contributed by atoms with Crippen molar-refractivity contribution < 1.29 is 29.0 Å². The average Bonchev–Trinajstić information content (AvgIpc) is 3.07. The predicted molar refractivity (Wildman–Crippen MR) is 160 cm³/mol. The van der Waals surface area contributed by atoms with E-state index in [1.54, 1.807) is 0 Å². The van der Waals surface area contributed by atoms with Gasteiger partial charge in [0, 0.05) is 35.6 Å². The largest absolute Gasteiger partial charge is 0.475 e. The first-order chi connectivity index (χ1) is 19.2. The van der Waals surface area contributed by atoms with E-state index in [0.29, 0.717) is 31.1 Å². The lowest BCUT2D eigenvalue weighted by atomic mass is 9.30. The molecule has 0 bridgehead atoms. The number of esters is 1. The highest BCUT2D eigenvalue weighted by molar-refractivity contribution is 6.36. The normalized spacial score (nSPS) is 49.6. The van der Waals surface area contributed by atoms with Gasteiger partial charge in [-0.15, -0.1) is 0 Å². The third-order valence-corrected chi connectivity index (χ3v) is 15.3. The Bertz CT molecular complexity index is 1210. The summed E-state index contributed by atoms with van der Waals surface area (Å²) in [5.41, 5.74) is 4.08. The molecule has 10 atom stereocenters. The molecule has 0 spiro atoms.